The number of H-pyrrole nitrogens is 1. The molecule has 0 spiro atoms. The average Bonchev–Trinajstić information content (AvgIpc) is 3.73. The van der Waals surface area contributed by atoms with Crippen LogP contribution in [0.15, 0.2) is 109 Å². The van der Waals surface area contributed by atoms with E-state index in [9.17, 15) is 14.7 Å². The summed E-state index contributed by atoms with van der Waals surface area (Å²) in [7, 11) is 0. The Bertz CT molecular complexity index is 1910. The number of rotatable bonds is 17. The Hall–Kier alpha value is -5.01. The molecule has 0 saturated carbocycles. The van der Waals surface area contributed by atoms with Crippen LogP contribution in [0, 0.1) is 0 Å². The number of hydrogen-bond donors (Lipinski definition) is 5. The van der Waals surface area contributed by atoms with Crippen LogP contribution in [0.25, 0.3) is 11.1 Å². The normalized spacial score (nSPS) is 17.0. The summed E-state index contributed by atoms with van der Waals surface area (Å²) in [4.78, 5) is 29.2. The molecule has 2 heterocycles. The maximum Gasteiger partial charge on any atom is 0.224 e. The lowest BCUT2D eigenvalue weighted by atomic mass is 9.97. The van der Waals surface area contributed by atoms with E-state index in [4.69, 9.17) is 15.2 Å². The van der Waals surface area contributed by atoms with E-state index < -0.39 is 6.29 Å². The lowest BCUT2D eigenvalue weighted by Gasteiger charge is -2.36. The molecular weight excluding hydrogens is 689 g/mol. The highest BCUT2D eigenvalue weighted by atomic mass is 32.2. The highest BCUT2D eigenvalue weighted by Gasteiger charge is 2.32. The Labute approximate surface area is 314 Å². The second-order valence-corrected chi connectivity index (χ2v) is 14.1. The van der Waals surface area contributed by atoms with Crippen LogP contribution in [0.5, 0.6) is 0 Å². The quantitative estimate of drug-likeness (QED) is 0.0370. The zero-order valence-corrected chi connectivity index (χ0v) is 30.4. The highest BCUT2D eigenvalue weighted by molar-refractivity contribution is 7.99. The largest absolute Gasteiger partial charge is 0.397 e. The molecule has 11 nitrogen and oxygen atoms in total. The molecule has 5 aromatic rings. The fourth-order valence-electron chi connectivity index (χ4n) is 6.26. The number of hydrogen-bond acceptors (Lipinski definition) is 9. The van der Waals surface area contributed by atoms with Gasteiger partial charge in [-0.05, 0) is 52.8 Å². The summed E-state index contributed by atoms with van der Waals surface area (Å²) < 4.78 is 13.0. The van der Waals surface area contributed by atoms with E-state index in [1.54, 1.807) is 23.9 Å². The number of thioether (sulfide) groups is 1. The first-order chi connectivity index (χ1) is 25.9. The summed E-state index contributed by atoms with van der Waals surface area (Å²) in [6.07, 6.45) is 5.47. The van der Waals surface area contributed by atoms with E-state index >= 15 is 0 Å². The SMILES string of the molecule is Nc1ccccc1NC(=O)CCCCCCC(=O)NCc1ccccc1-c1ccc([C@@H]2O[C@H](CSc3ncn[nH]3)C[C@H](c3ccc(CO)cc3)O2)cc1. The Balaban J connectivity index is 0.995. The smallest absolute Gasteiger partial charge is 0.224 e. The summed E-state index contributed by atoms with van der Waals surface area (Å²) in [5, 5.41) is 23.0. The number of nitrogen functional groups attached to an aromatic ring is 1. The van der Waals surface area contributed by atoms with Crippen LogP contribution in [-0.4, -0.2) is 44.0 Å². The molecule has 0 bridgehead atoms. The van der Waals surface area contributed by atoms with Gasteiger partial charge in [-0.25, -0.2) is 4.98 Å². The van der Waals surface area contributed by atoms with Crippen LogP contribution < -0.4 is 16.4 Å². The van der Waals surface area contributed by atoms with Gasteiger partial charge in [0.1, 0.15) is 6.33 Å². The molecule has 12 heteroatoms. The number of nitrogens with two attached hydrogens (primary N) is 1. The number of benzene rings is 4. The second kappa shape index (κ2) is 19.2. The summed E-state index contributed by atoms with van der Waals surface area (Å²) >= 11 is 1.56. The summed E-state index contributed by atoms with van der Waals surface area (Å²) in [6.45, 7) is 0.419. The monoisotopic (exact) mass is 734 g/mol. The molecule has 53 heavy (non-hydrogen) atoms. The molecule has 3 atom stereocenters. The number of aromatic nitrogens is 3. The molecule has 6 N–H and O–H groups in total. The predicted octanol–water partition coefficient (Wildman–Crippen LogP) is 7.48. The Morgan fingerprint density at radius 1 is 0.849 bits per heavy atom. The van der Waals surface area contributed by atoms with Gasteiger partial charge in [0.15, 0.2) is 11.4 Å². The summed E-state index contributed by atoms with van der Waals surface area (Å²) in [5.74, 6) is 0.639. The molecule has 0 radical (unpaired) electrons. The van der Waals surface area contributed by atoms with Crippen molar-refractivity contribution in [2.75, 3.05) is 16.8 Å². The van der Waals surface area contributed by atoms with Crippen molar-refractivity contribution in [3.8, 4) is 11.1 Å². The standard InChI is InChI=1S/C41H46N6O5S/c42-35-11-7-8-12-36(35)46-39(50)14-4-2-1-3-13-38(49)43-24-32-9-5-6-10-34(32)29-19-21-31(22-20-29)40-51-33(26-53-41-44-27-45-47-41)23-37(52-40)30-17-15-28(25-48)16-18-30/h5-12,15-22,27,33,37,40,48H,1-4,13-14,23-26,42H2,(H,43,49)(H,46,50)(H,44,45,47)/t33-,37+,40+/m0/s1. The van der Waals surface area contributed by atoms with Crippen LogP contribution in [0.2, 0.25) is 0 Å². The van der Waals surface area contributed by atoms with Gasteiger partial charge < -0.3 is 30.9 Å². The number of aliphatic hydroxyl groups excluding tert-OH is 1. The number of para-hydroxylation sites is 2. The number of aliphatic hydroxyl groups is 1. The van der Waals surface area contributed by atoms with Crippen molar-refractivity contribution >= 4 is 35.0 Å². The fourth-order valence-corrected chi connectivity index (χ4v) is 7.06. The van der Waals surface area contributed by atoms with E-state index in [0.717, 1.165) is 64.2 Å². The minimum atomic E-state index is -0.569. The van der Waals surface area contributed by atoms with Gasteiger partial charge in [0.25, 0.3) is 0 Å². The van der Waals surface area contributed by atoms with Gasteiger partial charge in [-0.1, -0.05) is 110 Å². The van der Waals surface area contributed by atoms with Crippen molar-refractivity contribution < 1.29 is 24.2 Å². The molecule has 1 aromatic heterocycles. The van der Waals surface area contributed by atoms with Gasteiger partial charge >= 0.3 is 0 Å². The third-order valence-corrected chi connectivity index (χ3v) is 10.2. The molecule has 0 aliphatic carbocycles. The van der Waals surface area contributed by atoms with Crippen molar-refractivity contribution in [2.24, 2.45) is 0 Å². The number of amides is 2. The van der Waals surface area contributed by atoms with Crippen LogP contribution in [0.3, 0.4) is 0 Å². The molecule has 0 unspecified atom stereocenters. The first-order valence-electron chi connectivity index (χ1n) is 18.0. The number of nitrogens with zero attached hydrogens (tertiary/aromatic N) is 2. The molecule has 1 aliphatic heterocycles. The van der Waals surface area contributed by atoms with Gasteiger partial charge in [-0.3, -0.25) is 14.7 Å². The molecule has 276 valence electrons. The van der Waals surface area contributed by atoms with Crippen molar-refractivity contribution in [1.29, 1.82) is 0 Å². The number of anilines is 2. The predicted molar refractivity (Wildman–Crippen MR) is 206 cm³/mol. The van der Waals surface area contributed by atoms with Crippen molar-refractivity contribution in [1.82, 2.24) is 20.5 Å². The maximum absolute atomic E-state index is 12.7. The summed E-state index contributed by atoms with van der Waals surface area (Å²) in [6, 6.07) is 31.4. The van der Waals surface area contributed by atoms with Crippen LogP contribution in [0.4, 0.5) is 11.4 Å². The topological polar surface area (TPSA) is 164 Å². The molecule has 4 aromatic carbocycles. The van der Waals surface area contributed by atoms with Crippen LogP contribution in [0.1, 0.15) is 79.6 Å². The van der Waals surface area contributed by atoms with Gasteiger partial charge in [0.05, 0.1) is 30.2 Å². The third kappa shape index (κ3) is 11.0. The van der Waals surface area contributed by atoms with E-state index in [2.05, 4.69) is 44.0 Å². The molecule has 1 saturated heterocycles. The van der Waals surface area contributed by atoms with Crippen LogP contribution in [-0.2, 0) is 32.2 Å². The second-order valence-electron chi connectivity index (χ2n) is 13.1. The number of carbonyl (C=O) groups is 2. The summed E-state index contributed by atoms with van der Waals surface area (Å²) in [5.41, 5.74) is 13.0. The molecule has 1 fully saturated rings. The number of unbranched alkanes of at least 4 members (excludes halogenated alkanes) is 3. The maximum atomic E-state index is 12.7. The minimum absolute atomic E-state index is 0.00715. The van der Waals surface area contributed by atoms with E-state index in [1.807, 2.05) is 66.7 Å². The van der Waals surface area contributed by atoms with Crippen molar-refractivity contribution in [3.05, 3.63) is 126 Å². The van der Waals surface area contributed by atoms with Crippen LogP contribution >= 0.6 is 11.8 Å². The Kier molecular flexibility index (Phi) is 13.7. The third-order valence-electron chi connectivity index (χ3n) is 9.19. The van der Waals surface area contributed by atoms with Crippen molar-refractivity contribution in [3.63, 3.8) is 0 Å². The molecular formula is C41H46N6O5S. The van der Waals surface area contributed by atoms with E-state index in [1.165, 1.54) is 6.33 Å². The fraction of sp³-hybridized carbons (Fsp3) is 0.317. The molecule has 6 rings (SSSR count). The highest BCUT2D eigenvalue weighted by Crippen LogP contribution is 2.39. The number of ether oxygens (including phenoxy) is 2. The molecule has 2 amide bonds. The van der Waals surface area contributed by atoms with Gasteiger partial charge in [-0.15, -0.1) is 0 Å². The number of carbonyl (C=O) groups excluding carboxylic acids is 2. The Morgan fingerprint density at radius 3 is 2.30 bits per heavy atom. The van der Waals surface area contributed by atoms with Gasteiger partial charge in [0.2, 0.25) is 11.8 Å². The number of nitrogens with one attached hydrogen (secondary N) is 3. The minimum Gasteiger partial charge on any atom is -0.397 e. The first kappa shape index (κ1) is 37.7. The van der Waals surface area contributed by atoms with Crippen molar-refractivity contribution in [2.45, 2.75) is 81.8 Å². The Morgan fingerprint density at radius 2 is 1.57 bits per heavy atom. The molecule has 1 aliphatic rings. The zero-order valence-electron chi connectivity index (χ0n) is 29.6. The lowest BCUT2D eigenvalue weighted by Crippen LogP contribution is -2.31. The van der Waals surface area contributed by atoms with Gasteiger partial charge in [-0.2, -0.15) is 5.10 Å². The average molecular weight is 735 g/mol. The van der Waals surface area contributed by atoms with Gasteiger partial charge in [0, 0.05) is 37.1 Å². The van der Waals surface area contributed by atoms with E-state index in [-0.39, 0.29) is 30.6 Å². The first-order valence-corrected chi connectivity index (χ1v) is 19.0. The number of aromatic amines is 1. The zero-order chi connectivity index (χ0) is 36.8. The lowest BCUT2D eigenvalue weighted by molar-refractivity contribution is -0.245. The van der Waals surface area contributed by atoms with E-state index in [0.29, 0.717) is 42.9 Å².